The predicted molar refractivity (Wildman–Crippen MR) is 50.2 cm³/mol. The van der Waals surface area contributed by atoms with Crippen LogP contribution in [0.1, 0.15) is 19.0 Å². The zero-order chi connectivity index (χ0) is 8.97. The van der Waals surface area contributed by atoms with Crippen molar-refractivity contribution in [3.8, 4) is 0 Å². The summed E-state index contributed by atoms with van der Waals surface area (Å²) in [6.45, 7) is 3.99. The van der Waals surface area contributed by atoms with Gasteiger partial charge in [0.1, 0.15) is 6.26 Å². The second-order valence-corrected chi connectivity index (χ2v) is 3.71. The topological polar surface area (TPSA) is 52.0 Å². The number of rotatable bonds is 4. The minimum atomic E-state index is 0.238. The van der Waals surface area contributed by atoms with E-state index in [4.69, 9.17) is 10.2 Å². The zero-order valence-electron chi connectivity index (χ0n) is 7.41. The minimum absolute atomic E-state index is 0.238. The fraction of sp³-hybridized carbons (Fsp3) is 0.625. The smallest absolute Gasteiger partial charge is 0.255 e. The molecule has 0 aliphatic carbocycles. The highest BCUT2D eigenvalue weighted by Crippen LogP contribution is 2.17. The first-order valence-electron chi connectivity index (χ1n) is 4.03. The minimum Gasteiger partial charge on any atom is -0.440 e. The van der Waals surface area contributed by atoms with E-state index in [-0.39, 0.29) is 6.04 Å². The second kappa shape index (κ2) is 4.52. The molecule has 4 heteroatoms. The molecule has 1 atom stereocenters. The van der Waals surface area contributed by atoms with Crippen LogP contribution >= 0.6 is 11.8 Å². The molecular weight excluding hydrogens is 172 g/mol. The lowest BCUT2D eigenvalue weighted by atomic mass is 10.3. The number of aromatic nitrogens is 1. The van der Waals surface area contributed by atoms with Crippen molar-refractivity contribution in [1.82, 2.24) is 4.98 Å². The number of hydrogen-bond acceptors (Lipinski definition) is 4. The molecule has 1 aromatic rings. The van der Waals surface area contributed by atoms with Crippen LogP contribution in [0.2, 0.25) is 0 Å². The molecule has 2 N–H and O–H groups in total. The Hall–Kier alpha value is -0.480. The molecule has 0 aliphatic rings. The first kappa shape index (κ1) is 9.61. The molecule has 0 radical (unpaired) electrons. The summed E-state index contributed by atoms with van der Waals surface area (Å²) >= 11 is 1.57. The Morgan fingerprint density at radius 1 is 1.75 bits per heavy atom. The van der Waals surface area contributed by atoms with Gasteiger partial charge in [-0.3, -0.25) is 0 Å². The van der Waals surface area contributed by atoms with Crippen molar-refractivity contribution in [3.05, 3.63) is 12.0 Å². The van der Waals surface area contributed by atoms with Gasteiger partial charge in [-0.15, -0.1) is 0 Å². The lowest BCUT2D eigenvalue weighted by Gasteiger charge is -2.04. The quantitative estimate of drug-likeness (QED) is 0.729. The maximum Gasteiger partial charge on any atom is 0.255 e. The SMILES string of the molecule is CCC(N)CSc1nc(C)co1. The van der Waals surface area contributed by atoms with Gasteiger partial charge < -0.3 is 10.2 Å². The third kappa shape index (κ3) is 2.87. The van der Waals surface area contributed by atoms with Gasteiger partial charge in [0.05, 0.1) is 5.69 Å². The molecule has 0 spiro atoms. The molecule has 0 saturated heterocycles. The summed E-state index contributed by atoms with van der Waals surface area (Å²) < 4.78 is 5.16. The summed E-state index contributed by atoms with van der Waals surface area (Å²) in [5.74, 6) is 0.871. The molecule has 0 fully saturated rings. The fourth-order valence-electron chi connectivity index (χ4n) is 0.695. The average molecular weight is 186 g/mol. The summed E-state index contributed by atoms with van der Waals surface area (Å²) in [5, 5.41) is 0.719. The normalized spacial score (nSPS) is 13.2. The van der Waals surface area contributed by atoms with Gasteiger partial charge in [0.25, 0.3) is 5.22 Å². The monoisotopic (exact) mass is 186 g/mol. The van der Waals surface area contributed by atoms with Crippen LogP contribution in [0.3, 0.4) is 0 Å². The van der Waals surface area contributed by atoms with Crippen molar-refractivity contribution in [2.24, 2.45) is 5.73 Å². The molecule has 0 bridgehead atoms. The molecule has 68 valence electrons. The first-order valence-corrected chi connectivity index (χ1v) is 5.01. The van der Waals surface area contributed by atoms with E-state index in [1.165, 1.54) is 0 Å². The van der Waals surface area contributed by atoms with Crippen LogP contribution < -0.4 is 5.73 Å². The van der Waals surface area contributed by atoms with Gasteiger partial charge in [-0.25, -0.2) is 4.98 Å². The Morgan fingerprint density at radius 3 is 3.00 bits per heavy atom. The van der Waals surface area contributed by atoms with Gasteiger partial charge in [-0.1, -0.05) is 18.7 Å². The highest BCUT2D eigenvalue weighted by molar-refractivity contribution is 7.99. The maximum absolute atomic E-state index is 5.74. The molecule has 3 nitrogen and oxygen atoms in total. The number of nitrogens with two attached hydrogens (primary N) is 1. The van der Waals surface area contributed by atoms with E-state index in [1.807, 2.05) is 6.92 Å². The Balaban J connectivity index is 2.33. The van der Waals surface area contributed by atoms with Crippen LogP contribution in [0, 0.1) is 6.92 Å². The van der Waals surface area contributed by atoms with Crippen molar-refractivity contribution in [3.63, 3.8) is 0 Å². The Kier molecular flexibility index (Phi) is 3.62. The lowest BCUT2D eigenvalue weighted by Crippen LogP contribution is -2.21. The second-order valence-electron chi connectivity index (χ2n) is 2.73. The van der Waals surface area contributed by atoms with Crippen LogP contribution in [-0.4, -0.2) is 16.8 Å². The average Bonchev–Trinajstić information content (AvgIpc) is 2.47. The number of oxazole rings is 1. The number of nitrogens with zero attached hydrogens (tertiary/aromatic N) is 1. The van der Waals surface area contributed by atoms with Gasteiger partial charge in [-0.05, 0) is 13.3 Å². The predicted octanol–water partition coefficient (Wildman–Crippen LogP) is 1.81. The maximum atomic E-state index is 5.74. The van der Waals surface area contributed by atoms with Crippen LogP contribution in [0.5, 0.6) is 0 Å². The van der Waals surface area contributed by atoms with Crippen LogP contribution in [0.15, 0.2) is 15.9 Å². The highest BCUT2D eigenvalue weighted by atomic mass is 32.2. The largest absolute Gasteiger partial charge is 0.440 e. The summed E-state index contributed by atoms with van der Waals surface area (Å²) in [6.07, 6.45) is 2.65. The van der Waals surface area contributed by atoms with Gasteiger partial charge >= 0.3 is 0 Å². The van der Waals surface area contributed by atoms with E-state index in [0.29, 0.717) is 0 Å². The lowest BCUT2D eigenvalue weighted by molar-refractivity contribution is 0.453. The van der Waals surface area contributed by atoms with Gasteiger partial charge in [0.15, 0.2) is 0 Å². The molecule has 0 amide bonds. The molecule has 12 heavy (non-hydrogen) atoms. The van der Waals surface area contributed by atoms with E-state index < -0.39 is 0 Å². The molecule has 1 rings (SSSR count). The Bertz CT molecular complexity index is 237. The van der Waals surface area contributed by atoms with Gasteiger partial charge in [0.2, 0.25) is 0 Å². The standard InChI is InChI=1S/C8H14N2OS/c1-3-7(9)5-12-8-10-6(2)4-11-8/h4,7H,3,5,9H2,1-2H3. The van der Waals surface area contributed by atoms with Crippen molar-refractivity contribution in [2.75, 3.05) is 5.75 Å². The van der Waals surface area contributed by atoms with Crippen LogP contribution in [0.25, 0.3) is 0 Å². The molecule has 1 unspecified atom stereocenters. The van der Waals surface area contributed by atoms with Crippen LogP contribution in [0.4, 0.5) is 0 Å². The molecule has 1 aromatic heterocycles. The molecular formula is C8H14N2OS. The van der Waals surface area contributed by atoms with Crippen molar-refractivity contribution in [2.45, 2.75) is 31.5 Å². The van der Waals surface area contributed by atoms with E-state index in [1.54, 1.807) is 18.0 Å². The van der Waals surface area contributed by atoms with Crippen molar-refractivity contribution >= 4 is 11.8 Å². The fourth-order valence-corrected chi connectivity index (χ4v) is 1.61. The number of aryl methyl sites for hydroxylation is 1. The van der Waals surface area contributed by atoms with E-state index >= 15 is 0 Å². The third-order valence-electron chi connectivity index (χ3n) is 1.54. The van der Waals surface area contributed by atoms with E-state index in [0.717, 1.165) is 23.1 Å². The van der Waals surface area contributed by atoms with Crippen molar-refractivity contribution in [1.29, 1.82) is 0 Å². The van der Waals surface area contributed by atoms with Crippen LogP contribution in [-0.2, 0) is 0 Å². The summed E-state index contributed by atoms with van der Waals surface area (Å²) in [6, 6.07) is 0.238. The highest BCUT2D eigenvalue weighted by Gasteiger charge is 2.04. The Labute approximate surface area is 76.7 Å². The first-order chi connectivity index (χ1) is 5.72. The summed E-state index contributed by atoms with van der Waals surface area (Å²) in [7, 11) is 0. The number of thioether (sulfide) groups is 1. The zero-order valence-corrected chi connectivity index (χ0v) is 8.23. The van der Waals surface area contributed by atoms with Crippen molar-refractivity contribution < 1.29 is 4.42 Å². The van der Waals surface area contributed by atoms with Gasteiger partial charge in [-0.2, -0.15) is 0 Å². The summed E-state index contributed by atoms with van der Waals surface area (Å²) in [4.78, 5) is 4.16. The van der Waals surface area contributed by atoms with E-state index in [2.05, 4.69) is 11.9 Å². The third-order valence-corrected chi connectivity index (χ3v) is 2.57. The molecule has 0 aromatic carbocycles. The Morgan fingerprint density at radius 2 is 2.50 bits per heavy atom. The molecule has 0 aliphatic heterocycles. The number of hydrogen-bond donors (Lipinski definition) is 1. The molecule has 1 heterocycles. The van der Waals surface area contributed by atoms with Gasteiger partial charge in [0, 0.05) is 11.8 Å². The summed E-state index contributed by atoms with van der Waals surface area (Å²) in [5.41, 5.74) is 6.66. The molecule has 0 saturated carbocycles. The van der Waals surface area contributed by atoms with E-state index in [9.17, 15) is 0 Å².